The van der Waals surface area contributed by atoms with Gasteiger partial charge in [0.25, 0.3) is 0 Å². The molecule has 0 bridgehead atoms. The second-order valence-electron chi connectivity index (χ2n) is 4.40. The highest BCUT2D eigenvalue weighted by molar-refractivity contribution is 5.50. The first-order chi connectivity index (χ1) is 8.20. The van der Waals surface area contributed by atoms with Gasteiger partial charge in [0.2, 0.25) is 0 Å². The van der Waals surface area contributed by atoms with Crippen LogP contribution < -0.4 is 15.4 Å². The largest absolute Gasteiger partial charge is 0.491 e. The van der Waals surface area contributed by atoms with Crippen molar-refractivity contribution in [1.29, 1.82) is 0 Å². The van der Waals surface area contributed by atoms with Crippen LogP contribution in [0.2, 0.25) is 0 Å². The van der Waals surface area contributed by atoms with E-state index in [1.165, 1.54) is 6.07 Å². The molecule has 1 aromatic rings. The maximum atomic E-state index is 13.7. The van der Waals surface area contributed by atoms with E-state index < -0.39 is 0 Å². The standard InChI is InChI=1S/C13H19FN2O/c1-2-17-13-6-5-11(8-12(13)14)16-7-3-4-10(15)9-16/h5-6,8,10H,2-4,7,9,15H2,1H3. The normalized spacial score (nSPS) is 20.4. The Kier molecular flexibility index (Phi) is 3.84. The van der Waals surface area contributed by atoms with Crippen LogP contribution in [0.3, 0.4) is 0 Å². The Morgan fingerprint density at radius 2 is 2.35 bits per heavy atom. The van der Waals surface area contributed by atoms with Crippen LogP contribution in [-0.4, -0.2) is 25.7 Å². The topological polar surface area (TPSA) is 38.5 Å². The van der Waals surface area contributed by atoms with Crippen LogP contribution in [-0.2, 0) is 0 Å². The van der Waals surface area contributed by atoms with Gasteiger partial charge in [-0.15, -0.1) is 0 Å². The van der Waals surface area contributed by atoms with Gasteiger partial charge < -0.3 is 15.4 Å². The summed E-state index contributed by atoms with van der Waals surface area (Å²) >= 11 is 0. The molecule has 2 N–H and O–H groups in total. The van der Waals surface area contributed by atoms with Gasteiger partial charge in [0, 0.05) is 30.9 Å². The summed E-state index contributed by atoms with van der Waals surface area (Å²) in [4.78, 5) is 2.13. The predicted molar refractivity (Wildman–Crippen MR) is 67.0 cm³/mol. The molecule has 0 spiro atoms. The lowest BCUT2D eigenvalue weighted by molar-refractivity contribution is 0.321. The number of hydrogen-bond acceptors (Lipinski definition) is 3. The lowest BCUT2D eigenvalue weighted by Gasteiger charge is -2.32. The van der Waals surface area contributed by atoms with Crippen LogP contribution in [0.25, 0.3) is 0 Å². The highest BCUT2D eigenvalue weighted by atomic mass is 19.1. The molecule has 1 aromatic carbocycles. The van der Waals surface area contributed by atoms with E-state index >= 15 is 0 Å². The number of benzene rings is 1. The van der Waals surface area contributed by atoms with Gasteiger partial charge in [-0.3, -0.25) is 0 Å². The number of ether oxygens (including phenoxy) is 1. The summed E-state index contributed by atoms with van der Waals surface area (Å²) < 4.78 is 18.9. The summed E-state index contributed by atoms with van der Waals surface area (Å²) in [7, 11) is 0. The van der Waals surface area contributed by atoms with Crippen LogP contribution in [0, 0.1) is 5.82 Å². The molecule has 1 fully saturated rings. The van der Waals surface area contributed by atoms with Gasteiger partial charge in [-0.1, -0.05) is 0 Å². The summed E-state index contributed by atoms with van der Waals surface area (Å²) in [5.41, 5.74) is 6.81. The fraction of sp³-hybridized carbons (Fsp3) is 0.538. The van der Waals surface area contributed by atoms with Gasteiger partial charge >= 0.3 is 0 Å². The molecule has 0 aromatic heterocycles. The van der Waals surface area contributed by atoms with Crippen LogP contribution in [0.1, 0.15) is 19.8 Å². The predicted octanol–water partition coefficient (Wildman–Crippen LogP) is 2.15. The highest BCUT2D eigenvalue weighted by Crippen LogP contribution is 2.25. The number of anilines is 1. The zero-order chi connectivity index (χ0) is 12.3. The lowest BCUT2D eigenvalue weighted by atomic mass is 10.1. The van der Waals surface area contributed by atoms with E-state index in [0.29, 0.717) is 12.4 Å². The van der Waals surface area contributed by atoms with Gasteiger partial charge in [-0.2, -0.15) is 0 Å². The molecule has 17 heavy (non-hydrogen) atoms. The smallest absolute Gasteiger partial charge is 0.167 e. The van der Waals surface area contributed by atoms with Crippen LogP contribution in [0.4, 0.5) is 10.1 Å². The minimum Gasteiger partial charge on any atom is -0.491 e. The number of nitrogens with zero attached hydrogens (tertiary/aromatic N) is 1. The summed E-state index contributed by atoms with van der Waals surface area (Å²) in [6.45, 7) is 4.07. The molecule has 1 atom stereocenters. The monoisotopic (exact) mass is 238 g/mol. The van der Waals surface area contributed by atoms with E-state index in [1.54, 1.807) is 6.07 Å². The Balaban J connectivity index is 2.13. The van der Waals surface area contributed by atoms with E-state index in [4.69, 9.17) is 10.5 Å². The quantitative estimate of drug-likeness (QED) is 0.877. The van der Waals surface area contributed by atoms with E-state index in [2.05, 4.69) is 4.90 Å². The average molecular weight is 238 g/mol. The van der Waals surface area contributed by atoms with Gasteiger partial charge in [-0.25, -0.2) is 4.39 Å². The summed E-state index contributed by atoms with van der Waals surface area (Å²) in [6.07, 6.45) is 2.12. The number of rotatable bonds is 3. The first kappa shape index (κ1) is 12.2. The maximum absolute atomic E-state index is 13.7. The van der Waals surface area contributed by atoms with Crippen molar-refractivity contribution in [2.75, 3.05) is 24.6 Å². The van der Waals surface area contributed by atoms with Gasteiger partial charge in [0.15, 0.2) is 11.6 Å². The molecular formula is C13H19FN2O. The average Bonchev–Trinajstić information content (AvgIpc) is 2.32. The molecule has 2 rings (SSSR count). The maximum Gasteiger partial charge on any atom is 0.167 e. The zero-order valence-electron chi connectivity index (χ0n) is 10.2. The molecule has 1 aliphatic heterocycles. The zero-order valence-corrected chi connectivity index (χ0v) is 10.2. The SMILES string of the molecule is CCOc1ccc(N2CCCC(N)C2)cc1F. The fourth-order valence-corrected chi connectivity index (χ4v) is 2.20. The molecule has 0 amide bonds. The van der Waals surface area contributed by atoms with Gasteiger partial charge in [-0.05, 0) is 31.9 Å². The van der Waals surface area contributed by atoms with Gasteiger partial charge in [0.1, 0.15) is 0 Å². The first-order valence-corrected chi connectivity index (χ1v) is 6.13. The van der Waals surface area contributed by atoms with Crippen molar-refractivity contribution < 1.29 is 9.13 Å². The van der Waals surface area contributed by atoms with Crippen molar-refractivity contribution in [2.24, 2.45) is 5.73 Å². The second kappa shape index (κ2) is 5.36. The minimum absolute atomic E-state index is 0.193. The van der Waals surface area contributed by atoms with E-state index in [9.17, 15) is 4.39 Å². The molecule has 1 aliphatic rings. The van der Waals surface area contributed by atoms with E-state index in [-0.39, 0.29) is 11.9 Å². The second-order valence-corrected chi connectivity index (χ2v) is 4.40. The third kappa shape index (κ3) is 2.88. The van der Waals surface area contributed by atoms with E-state index in [0.717, 1.165) is 31.6 Å². The summed E-state index contributed by atoms with van der Waals surface area (Å²) in [5.74, 6) is 0.0149. The van der Waals surface area contributed by atoms with Crippen molar-refractivity contribution in [3.05, 3.63) is 24.0 Å². The Morgan fingerprint density at radius 3 is 3.00 bits per heavy atom. The van der Waals surface area contributed by atoms with Crippen LogP contribution in [0.15, 0.2) is 18.2 Å². The molecule has 1 saturated heterocycles. The molecule has 1 heterocycles. The van der Waals surface area contributed by atoms with Crippen LogP contribution in [0.5, 0.6) is 5.75 Å². The van der Waals surface area contributed by atoms with Gasteiger partial charge in [0.05, 0.1) is 6.61 Å². The van der Waals surface area contributed by atoms with Crippen molar-refractivity contribution >= 4 is 5.69 Å². The summed E-state index contributed by atoms with van der Waals surface area (Å²) in [5, 5.41) is 0. The van der Waals surface area contributed by atoms with Crippen molar-refractivity contribution in [3.8, 4) is 5.75 Å². The lowest BCUT2D eigenvalue weighted by Crippen LogP contribution is -2.42. The third-order valence-electron chi connectivity index (χ3n) is 3.04. The van der Waals surface area contributed by atoms with Crippen molar-refractivity contribution in [3.63, 3.8) is 0 Å². The molecule has 3 nitrogen and oxygen atoms in total. The molecule has 94 valence electrons. The Labute approximate surface area is 101 Å². The Morgan fingerprint density at radius 1 is 1.53 bits per heavy atom. The molecule has 1 unspecified atom stereocenters. The van der Waals surface area contributed by atoms with Crippen LogP contribution >= 0.6 is 0 Å². The van der Waals surface area contributed by atoms with Crippen molar-refractivity contribution in [1.82, 2.24) is 0 Å². The first-order valence-electron chi connectivity index (χ1n) is 6.13. The molecule has 0 radical (unpaired) electrons. The number of piperidine rings is 1. The fourth-order valence-electron chi connectivity index (χ4n) is 2.20. The minimum atomic E-state index is -0.302. The Hall–Kier alpha value is -1.29. The molecule has 0 saturated carbocycles. The number of halogens is 1. The molecule has 0 aliphatic carbocycles. The third-order valence-corrected chi connectivity index (χ3v) is 3.04. The van der Waals surface area contributed by atoms with Crippen molar-refractivity contribution in [2.45, 2.75) is 25.8 Å². The number of nitrogens with two attached hydrogens (primary N) is 1. The molecule has 4 heteroatoms. The summed E-state index contributed by atoms with van der Waals surface area (Å²) in [6, 6.07) is 5.31. The highest BCUT2D eigenvalue weighted by Gasteiger charge is 2.18. The Bertz CT molecular complexity index is 384. The number of hydrogen-bond donors (Lipinski definition) is 1. The van der Waals surface area contributed by atoms with E-state index in [1.807, 2.05) is 13.0 Å². The molecular weight excluding hydrogens is 219 g/mol.